The van der Waals surface area contributed by atoms with Crippen LogP contribution in [0.15, 0.2) is 60.5 Å². The Labute approximate surface area is 116 Å². The molecule has 2 N–H and O–H groups in total. The summed E-state index contributed by atoms with van der Waals surface area (Å²) in [5.41, 5.74) is 0.992. The van der Waals surface area contributed by atoms with E-state index in [0.717, 1.165) is 5.56 Å². The van der Waals surface area contributed by atoms with Gasteiger partial charge in [0.25, 0.3) is 5.91 Å². The van der Waals surface area contributed by atoms with Crippen molar-refractivity contribution in [3.05, 3.63) is 72.1 Å². The highest BCUT2D eigenvalue weighted by atomic mass is 16.5. The Morgan fingerprint density at radius 2 is 2.00 bits per heavy atom. The maximum Gasteiger partial charge on any atom is 0.414 e. The van der Waals surface area contributed by atoms with Crippen LogP contribution in [0.2, 0.25) is 0 Å². The first-order valence-electron chi connectivity index (χ1n) is 5.99. The SMILES string of the molecule is O=C(NC(=O)C1=[C]C=CC=CN1)OCc1ccccc1. The van der Waals surface area contributed by atoms with E-state index in [9.17, 15) is 9.59 Å². The first-order valence-corrected chi connectivity index (χ1v) is 5.99. The summed E-state index contributed by atoms with van der Waals surface area (Å²) in [6, 6.07) is 9.21. The van der Waals surface area contributed by atoms with Crippen LogP contribution in [0.4, 0.5) is 4.79 Å². The van der Waals surface area contributed by atoms with Crippen molar-refractivity contribution in [2.24, 2.45) is 0 Å². The van der Waals surface area contributed by atoms with Crippen molar-refractivity contribution in [3.8, 4) is 0 Å². The molecule has 0 saturated carbocycles. The van der Waals surface area contributed by atoms with Crippen LogP contribution >= 0.6 is 0 Å². The summed E-state index contributed by atoms with van der Waals surface area (Å²) in [7, 11) is 0. The molecular weight excluding hydrogens is 256 g/mol. The largest absolute Gasteiger partial charge is 0.444 e. The van der Waals surface area contributed by atoms with Crippen molar-refractivity contribution >= 4 is 12.0 Å². The molecule has 0 fully saturated rings. The van der Waals surface area contributed by atoms with Gasteiger partial charge in [-0.25, -0.2) is 4.79 Å². The van der Waals surface area contributed by atoms with E-state index in [-0.39, 0.29) is 12.3 Å². The van der Waals surface area contributed by atoms with Gasteiger partial charge < -0.3 is 10.1 Å². The van der Waals surface area contributed by atoms with Gasteiger partial charge in [0.2, 0.25) is 0 Å². The fourth-order valence-electron chi connectivity index (χ4n) is 1.46. The number of hydrogen-bond acceptors (Lipinski definition) is 4. The van der Waals surface area contributed by atoms with E-state index in [1.807, 2.05) is 30.3 Å². The Hall–Kier alpha value is -2.82. The lowest BCUT2D eigenvalue weighted by Crippen LogP contribution is -2.35. The zero-order chi connectivity index (χ0) is 14.2. The van der Waals surface area contributed by atoms with E-state index >= 15 is 0 Å². The van der Waals surface area contributed by atoms with Gasteiger partial charge in [0, 0.05) is 12.3 Å². The van der Waals surface area contributed by atoms with E-state index in [0.29, 0.717) is 0 Å². The molecule has 1 radical (unpaired) electrons. The second-order valence-corrected chi connectivity index (χ2v) is 3.90. The Morgan fingerprint density at radius 1 is 1.20 bits per heavy atom. The minimum absolute atomic E-state index is 0.107. The average Bonchev–Trinajstić information content (AvgIpc) is 2.75. The molecule has 2 amide bonds. The second kappa shape index (κ2) is 6.94. The summed E-state index contributed by atoms with van der Waals surface area (Å²) in [5, 5.41) is 4.82. The molecule has 0 aliphatic carbocycles. The molecule has 1 aliphatic rings. The van der Waals surface area contributed by atoms with Gasteiger partial charge in [-0.3, -0.25) is 10.1 Å². The summed E-state index contributed by atoms with van der Waals surface area (Å²) >= 11 is 0. The minimum atomic E-state index is -0.799. The molecule has 1 heterocycles. The predicted molar refractivity (Wildman–Crippen MR) is 72.9 cm³/mol. The van der Waals surface area contributed by atoms with Gasteiger partial charge in [0.1, 0.15) is 12.3 Å². The van der Waals surface area contributed by atoms with Gasteiger partial charge in [-0.05, 0) is 11.6 Å². The minimum Gasteiger partial charge on any atom is -0.444 e. The number of rotatable bonds is 3. The number of alkyl carbamates (subject to hydrolysis) is 1. The van der Waals surface area contributed by atoms with Crippen LogP contribution < -0.4 is 10.6 Å². The van der Waals surface area contributed by atoms with Gasteiger partial charge in [0.05, 0.1) is 0 Å². The number of carbonyl (C=O) groups excluding carboxylic acids is 2. The number of nitrogens with one attached hydrogen (secondary N) is 2. The van der Waals surface area contributed by atoms with Crippen molar-refractivity contribution in [1.82, 2.24) is 10.6 Å². The lowest BCUT2D eigenvalue weighted by Gasteiger charge is -2.07. The first-order chi connectivity index (χ1) is 9.75. The number of allylic oxidation sites excluding steroid dienone is 4. The van der Waals surface area contributed by atoms with Crippen LogP contribution in [0, 0.1) is 6.08 Å². The maximum atomic E-state index is 11.7. The monoisotopic (exact) mass is 269 g/mol. The van der Waals surface area contributed by atoms with E-state index in [1.165, 1.54) is 0 Å². The zero-order valence-corrected chi connectivity index (χ0v) is 10.6. The molecule has 0 bridgehead atoms. The maximum absolute atomic E-state index is 11.7. The van der Waals surface area contributed by atoms with E-state index in [2.05, 4.69) is 16.7 Å². The highest BCUT2D eigenvalue weighted by molar-refractivity contribution is 6.01. The summed E-state index contributed by atoms with van der Waals surface area (Å²) < 4.78 is 4.94. The predicted octanol–water partition coefficient (Wildman–Crippen LogP) is 1.80. The summed E-state index contributed by atoms with van der Waals surface area (Å²) in [4.78, 5) is 23.2. The fourth-order valence-corrected chi connectivity index (χ4v) is 1.46. The van der Waals surface area contributed by atoms with E-state index in [1.54, 1.807) is 24.4 Å². The third kappa shape index (κ3) is 4.13. The molecule has 1 aliphatic heterocycles. The molecule has 0 aromatic heterocycles. The molecule has 2 rings (SSSR count). The molecule has 5 nitrogen and oxygen atoms in total. The molecule has 0 saturated heterocycles. The van der Waals surface area contributed by atoms with Crippen LogP contribution in [0.5, 0.6) is 0 Å². The van der Waals surface area contributed by atoms with Gasteiger partial charge >= 0.3 is 6.09 Å². The van der Waals surface area contributed by atoms with Crippen molar-refractivity contribution in [2.45, 2.75) is 6.61 Å². The van der Waals surface area contributed by atoms with Crippen LogP contribution in [0.3, 0.4) is 0 Å². The van der Waals surface area contributed by atoms with Crippen molar-refractivity contribution in [3.63, 3.8) is 0 Å². The molecule has 101 valence electrons. The van der Waals surface area contributed by atoms with Crippen molar-refractivity contribution < 1.29 is 14.3 Å². The molecular formula is C15H13N2O3. The quantitative estimate of drug-likeness (QED) is 0.878. The highest BCUT2D eigenvalue weighted by Crippen LogP contribution is 2.01. The fraction of sp³-hybridized carbons (Fsp3) is 0.0667. The van der Waals surface area contributed by atoms with E-state index in [4.69, 9.17) is 4.74 Å². The Kier molecular flexibility index (Phi) is 4.72. The molecule has 0 unspecified atom stereocenters. The smallest absolute Gasteiger partial charge is 0.414 e. The van der Waals surface area contributed by atoms with Crippen LogP contribution in [0.25, 0.3) is 0 Å². The summed E-state index contributed by atoms with van der Waals surface area (Å²) in [6.45, 7) is 0.107. The normalized spacial score (nSPS) is 12.9. The van der Waals surface area contributed by atoms with Crippen molar-refractivity contribution in [2.75, 3.05) is 0 Å². The van der Waals surface area contributed by atoms with Crippen LogP contribution in [-0.2, 0) is 16.1 Å². The topological polar surface area (TPSA) is 67.4 Å². The van der Waals surface area contributed by atoms with Gasteiger partial charge in [-0.15, -0.1) is 0 Å². The molecule has 20 heavy (non-hydrogen) atoms. The number of amides is 2. The van der Waals surface area contributed by atoms with Gasteiger partial charge in [-0.1, -0.05) is 42.5 Å². The number of ether oxygens (including phenoxy) is 1. The molecule has 5 heteroatoms. The molecule has 1 aromatic rings. The Bertz CT molecular complexity index is 574. The summed E-state index contributed by atoms with van der Waals surface area (Å²) in [5.74, 6) is -0.598. The highest BCUT2D eigenvalue weighted by Gasteiger charge is 2.13. The van der Waals surface area contributed by atoms with Crippen LogP contribution in [0.1, 0.15) is 5.56 Å². The number of carbonyl (C=O) groups is 2. The number of imide groups is 1. The Balaban J connectivity index is 1.82. The Morgan fingerprint density at radius 3 is 2.80 bits per heavy atom. The first kappa shape index (κ1) is 13.6. The van der Waals surface area contributed by atoms with Crippen LogP contribution in [-0.4, -0.2) is 12.0 Å². The molecule has 0 spiro atoms. The third-order valence-electron chi connectivity index (χ3n) is 2.41. The molecule has 1 aromatic carbocycles. The number of benzene rings is 1. The van der Waals surface area contributed by atoms with Gasteiger partial charge in [0.15, 0.2) is 0 Å². The zero-order valence-electron chi connectivity index (χ0n) is 10.6. The van der Waals surface area contributed by atoms with Gasteiger partial charge in [-0.2, -0.15) is 0 Å². The lowest BCUT2D eigenvalue weighted by atomic mass is 10.2. The summed E-state index contributed by atoms with van der Waals surface area (Å²) in [6.07, 6.45) is 8.46. The average molecular weight is 269 g/mol. The third-order valence-corrected chi connectivity index (χ3v) is 2.41. The molecule has 0 atom stereocenters. The standard InChI is InChI=1S/C15H13N2O3/c18-14(13-9-5-2-6-10-16-13)17-15(19)20-11-12-7-3-1-4-8-12/h1-8,10,16H,11H2,(H,17,18,19). The second-order valence-electron chi connectivity index (χ2n) is 3.90. The number of hydrogen-bond donors (Lipinski definition) is 2. The van der Waals surface area contributed by atoms with E-state index < -0.39 is 12.0 Å². The lowest BCUT2D eigenvalue weighted by molar-refractivity contribution is -0.117. The van der Waals surface area contributed by atoms with Crippen molar-refractivity contribution in [1.29, 1.82) is 0 Å².